The van der Waals surface area contributed by atoms with Crippen LogP contribution in [0.2, 0.25) is 0 Å². The number of sulfonamides is 1. The fourth-order valence-electron chi connectivity index (χ4n) is 2.99. The van der Waals surface area contributed by atoms with Crippen LogP contribution in [0.4, 0.5) is 0 Å². The summed E-state index contributed by atoms with van der Waals surface area (Å²) in [5.41, 5.74) is 1.06. The molecule has 1 aromatic carbocycles. The SMILES string of the molecule is CC(=O)N1CCN(C(=O)CCN(CCc2ccccc2)S(C)(=O)=O)CC1. The molecule has 7 nitrogen and oxygen atoms in total. The molecule has 0 unspecified atom stereocenters. The van der Waals surface area contributed by atoms with Gasteiger partial charge in [-0.2, -0.15) is 0 Å². The number of carbonyl (C=O) groups excluding carboxylic acids is 2. The molecule has 1 aromatic rings. The van der Waals surface area contributed by atoms with Crippen molar-refractivity contribution < 1.29 is 18.0 Å². The zero-order chi connectivity index (χ0) is 19.2. The molecule has 26 heavy (non-hydrogen) atoms. The highest BCUT2D eigenvalue weighted by Gasteiger charge is 2.24. The first-order valence-corrected chi connectivity index (χ1v) is 10.6. The van der Waals surface area contributed by atoms with E-state index in [0.717, 1.165) is 5.56 Å². The largest absolute Gasteiger partial charge is 0.339 e. The van der Waals surface area contributed by atoms with Gasteiger partial charge in [-0.15, -0.1) is 0 Å². The molecule has 1 saturated heterocycles. The van der Waals surface area contributed by atoms with Gasteiger partial charge in [0.05, 0.1) is 6.26 Å². The summed E-state index contributed by atoms with van der Waals surface area (Å²) in [4.78, 5) is 27.1. The lowest BCUT2D eigenvalue weighted by Crippen LogP contribution is -2.50. The van der Waals surface area contributed by atoms with E-state index in [1.54, 1.807) is 9.80 Å². The number of nitrogens with zero attached hydrogens (tertiary/aromatic N) is 3. The highest BCUT2D eigenvalue weighted by Crippen LogP contribution is 2.08. The lowest BCUT2D eigenvalue weighted by atomic mass is 10.1. The molecule has 144 valence electrons. The van der Waals surface area contributed by atoms with Gasteiger partial charge in [0.1, 0.15) is 0 Å². The van der Waals surface area contributed by atoms with Crippen LogP contribution in [0, 0.1) is 0 Å². The van der Waals surface area contributed by atoms with Crippen molar-refractivity contribution in [3.05, 3.63) is 35.9 Å². The van der Waals surface area contributed by atoms with Crippen molar-refractivity contribution >= 4 is 21.8 Å². The molecule has 0 saturated carbocycles. The maximum Gasteiger partial charge on any atom is 0.224 e. The van der Waals surface area contributed by atoms with Gasteiger partial charge in [-0.1, -0.05) is 30.3 Å². The first-order chi connectivity index (χ1) is 12.3. The van der Waals surface area contributed by atoms with Gasteiger partial charge < -0.3 is 9.80 Å². The quantitative estimate of drug-likeness (QED) is 0.692. The molecular weight excluding hydrogens is 354 g/mol. The van der Waals surface area contributed by atoms with Gasteiger partial charge in [0.2, 0.25) is 21.8 Å². The maximum absolute atomic E-state index is 12.4. The minimum absolute atomic E-state index is 0.0151. The third-order valence-electron chi connectivity index (χ3n) is 4.61. The lowest BCUT2D eigenvalue weighted by Gasteiger charge is -2.34. The van der Waals surface area contributed by atoms with Gasteiger partial charge in [-0.05, 0) is 12.0 Å². The molecule has 1 fully saturated rings. The van der Waals surface area contributed by atoms with Crippen molar-refractivity contribution in [2.45, 2.75) is 19.8 Å². The van der Waals surface area contributed by atoms with E-state index in [2.05, 4.69) is 0 Å². The molecule has 0 aliphatic carbocycles. The second kappa shape index (κ2) is 9.14. The standard InChI is InChI=1S/C18H27N3O4S/c1-16(22)19-12-14-20(15-13-19)18(23)9-11-21(26(2,24)25)10-8-17-6-4-3-5-7-17/h3-7H,8-15H2,1-2H3. The van der Waals surface area contributed by atoms with E-state index in [-0.39, 0.29) is 24.8 Å². The highest BCUT2D eigenvalue weighted by atomic mass is 32.2. The number of hydrogen-bond acceptors (Lipinski definition) is 4. The summed E-state index contributed by atoms with van der Waals surface area (Å²) in [5, 5.41) is 0. The Morgan fingerprint density at radius 1 is 1.00 bits per heavy atom. The predicted molar refractivity (Wildman–Crippen MR) is 100 cm³/mol. The number of piperazine rings is 1. The molecule has 0 bridgehead atoms. The Balaban J connectivity index is 1.85. The Bertz CT molecular complexity index is 713. The molecule has 1 heterocycles. The minimum atomic E-state index is -3.37. The van der Waals surface area contributed by atoms with Crippen molar-refractivity contribution in [2.75, 3.05) is 45.5 Å². The van der Waals surface area contributed by atoms with Crippen molar-refractivity contribution in [3.8, 4) is 0 Å². The van der Waals surface area contributed by atoms with Gasteiger partial charge in [-0.25, -0.2) is 12.7 Å². The average molecular weight is 381 g/mol. The van der Waals surface area contributed by atoms with Crippen LogP contribution in [0.1, 0.15) is 18.9 Å². The summed E-state index contributed by atoms with van der Waals surface area (Å²) in [6, 6.07) is 9.68. The normalized spacial score (nSPS) is 15.3. The summed E-state index contributed by atoms with van der Waals surface area (Å²) in [6.07, 6.45) is 1.94. The number of carbonyl (C=O) groups is 2. The van der Waals surface area contributed by atoms with E-state index < -0.39 is 10.0 Å². The average Bonchev–Trinajstić information content (AvgIpc) is 2.61. The van der Waals surface area contributed by atoms with Crippen LogP contribution in [0.3, 0.4) is 0 Å². The van der Waals surface area contributed by atoms with Gasteiger partial charge in [0, 0.05) is 52.6 Å². The lowest BCUT2D eigenvalue weighted by molar-refractivity contribution is -0.138. The molecule has 2 rings (SSSR count). The fraction of sp³-hybridized carbons (Fsp3) is 0.556. The smallest absolute Gasteiger partial charge is 0.224 e. The van der Waals surface area contributed by atoms with Crippen LogP contribution in [0.15, 0.2) is 30.3 Å². The van der Waals surface area contributed by atoms with Crippen LogP contribution < -0.4 is 0 Å². The first-order valence-electron chi connectivity index (χ1n) is 8.79. The number of benzene rings is 1. The predicted octanol–water partition coefficient (Wildman–Crippen LogP) is 0.572. The Labute approximate surface area is 155 Å². The van der Waals surface area contributed by atoms with E-state index in [1.807, 2.05) is 30.3 Å². The van der Waals surface area contributed by atoms with Crippen LogP contribution in [-0.2, 0) is 26.0 Å². The molecule has 0 aromatic heterocycles. The molecule has 1 aliphatic rings. The zero-order valence-corrected chi connectivity index (χ0v) is 16.2. The fourth-order valence-corrected chi connectivity index (χ4v) is 3.84. The number of hydrogen-bond donors (Lipinski definition) is 0. The highest BCUT2D eigenvalue weighted by molar-refractivity contribution is 7.88. The molecule has 2 amide bonds. The number of rotatable bonds is 7. The summed E-state index contributed by atoms with van der Waals surface area (Å²) in [5.74, 6) is -0.0529. The van der Waals surface area contributed by atoms with E-state index in [1.165, 1.54) is 17.5 Å². The Morgan fingerprint density at radius 2 is 1.58 bits per heavy atom. The van der Waals surface area contributed by atoms with Crippen molar-refractivity contribution in [1.29, 1.82) is 0 Å². The van der Waals surface area contributed by atoms with E-state index >= 15 is 0 Å². The third kappa shape index (κ3) is 6.10. The third-order valence-corrected chi connectivity index (χ3v) is 5.92. The molecule has 0 atom stereocenters. The second-order valence-corrected chi connectivity index (χ2v) is 8.52. The Morgan fingerprint density at radius 3 is 2.12 bits per heavy atom. The van der Waals surface area contributed by atoms with Crippen LogP contribution in [0.25, 0.3) is 0 Å². The Kier molecular flexibility index (Phi) is 7.16. The van der Waals surface area contributed by atoms with Crippen LogP contribution >= 0.6 is 0 Å². The number of amides is 2. The summed E-state index contributed by atoms with van der Waals surface area (Å²) in [6.45, 7) is 4.12. The Hall–Kier alpha value is -1.93. The second-order valence-electron chi connectivity index (χ2n) is 6.53. The van der Waals surface area contributed by atoms with E-state index in [0.29, 0.717) is 39.1 Å². The molecule has 8 heteroatoms. The monoisotopic (exact) mass is 381 g/mol. The molecule has 0 spiro atoms. The van der Waals surface area contributed by atoms with Gasteiger partial charge in [0.15, 0.2) is 0 Å². The summed E-state index contributed by atoms with van der Waals surface area (Å²) < 4.78 is 25.4. The van der Waals surface area contributed by atoms with Gasteiger partial charge >= 0.3 is 0 Å². The van der Waals surface area contributed by atoms with E-state index in [9.17, 15) is 18.0 Å². The molecular formula is C18H27N3O4S. The van der Waals surface area contributed by atoms with Crippen molar-refractivity contribution in [3.63, 3.8) is 0 Å². The van der Waals surface area contributed by atoms with Crippen LogP contribution in [-0.4, -0.2) is 79.9 Å². The topological polar surface area (TPSA) is 78.0 Å². The van der Waals surface area contributed by atoms with Gasteiger partial charge in [-0.3, -0.25) is 9.59 Å². The van der Waals surface area contributed by atoms with Crippen LogP contribution in [0.5, 0.6) is 0 Å². The van der Waals surface area contributed by atoms with Gasteiger partial charge in [0.25, 0.3) is 0 Å². The van der Waals surface area contributed by atoms with Crippen molar-refractivity contribution in [1.82, 2.24) is 14.1 Å². The van der Waals surface area contributed by atoms with Crippen molar-refractivity contribution in [2.24, 2.45) is 0 Å². The molecule has 0 N–H and O–H groups in total. The molecule has 1 aliphatic heterocycles. The maximum atomic E-state index is 12.4. The zero-order valence-electron chi connectivity index (χ0n) is 15.4. The minimum Gasteiger partial charge on any atom is -0.339 e. The summed E-state index contributed by atoms with van der Waals surface area (Å²) in [7, 11) is -3.37. The first kappa shape index (κ1) is 20.4. The van der Waals surface area contributed by atoms with E-state index in [4.69, 9.17) is 0 Å². The molecule has 0 radical (unpaired) electrons. The summed E-state index contributed by atoms with van der Waals surface area (Å²) >= 11 is 0.